The number of carbonyl (C=O) groups is 1. The molecule has 1 aromatic carbocycles. The van der Waals surface area contributed by atoms with Gasteiger partial charge >= 0.3 is 0 Å². The lowest BCUT2D eigenvalue weighted by molar-refractivity contribution is 0.102. The van der Waals surface area contributed by atoms with Gasteiger partial charge in [-0.15, -0.1) is 0 Å². The van der Waals surface area contributed by atoms with Crippen LogP contribution >= 0.6 is 15.9 Å². The minimum absolute atomic E-state index is 0.0207. The maximum atomic E-state index is 11.9. The number of furan rings is 2. The minimum atomic E-state index is -0.0207. The summed E-state index contributed by atoms with van der Waals surface area (Å²) in [6, 6.07) is 3.78. The van der Waals surface area contributed by atoms with Crippen molar-refractivity contribution < 1.29 is 13.6 Å². The third kappa shape index (κ3) is 1.45. The number of ketones is 1. The van der Waals surface area contributed by atoms with E-state index in [0.717, 1.165) is 26.8 Å². The molecule has 0 N–H and O–H groups in total. The maximum absolute atomic E-state index is 11.9. The molecular weight excluding hydrogens is 296 g/mol. The van der Waals surface area contributed by atoms with Crippen molar-refractivity contribution in [2.45, 2.75) is 20.8 Å². The van der Waals surface area contributed by atoms with E-state index in [1.54, 1.807) is 6.92 Å². The fourth-order valence-electron chi connectivity index (χ4n) is 2.32. The highest BCUT2D eigenvalue weighted by atomic mass is 79.9. The van der Waals surface area contributed by atoms with Crippen LogP contribution in [0.2, 0.25) is 0 Å². The molecule has 2 aromatic heterocycles. The van der Waals surface area contributed by atoms with Gasteiger partial charge in [0.15, 0.2) is 5.78 Å². The van der Waals surface area contributed by atoms with Gasteiger partial charge in [-0.1, -0.05) is 0 Å². The van der Waals surface area contributed by atoms with E-state index >= 15 is 0 Å². The number of rotatable bonds is 1. The molecule has 0 unspecified atom stereocenters. The third-order valence-corrected chi connectivity index (χ3v) is 3.78. The first-order chi connectivity index (χ1) is 8.49. The molecule has 0 bridgehead atoms. The number of halogens is 1. The van der Waals surface area contributed by atoms with Gasteiger partial charge in [0, 0.05) is 10.8 Å². The van der Waals surface area contributed by atoms with Crippen molar-refractivity contribution in [2.75, 3.05) is 0 Å². The summed E-state index contributed by atoms with van der Waals surface area (Å²) in [7, 11) is 0. The average Bonchev–Trinajstić information content (AvgIpc) is 2.81. The standard InChI is InChI=1S/C14H11BrO3/c1-6-4-9-11(8(3)16)13-10(5-7(2)17-13)12(15)14(9)18-6/h4-5H,1-3H3. The molecule has 18 heavy (non-hydrogen) atoms. The van der Waals surface area contributed by atoms with Crippen LogP contribution in [0.25, 0.3) is 21.9 Å². The Hall–Kier alpha value is -1.55. The molecule has 4 heteroatoms. The van der Waals surface area contributed by atoms with Crippen LogP contribution in [0.4, 0.5) is 0 Å². The molecule has 0 aliphatic carbocycles. The molecule has 0 spiro atoms. The molecule has 0 saturated heterocycles. The molecule has 0 saturated carbocycles. The highest BCUT2D eigenvalue weighted by molar-refractivity contribution is 9.10. The van der Waals surface area contributed by atoms with Crippen LogP contribution in [0.3, 0.4) is 0 Å². The summed E-state index contributed by atoms with van der Waals surface area (Å²) >= 11 is 3.53. The van der Waals surface area contributed by atoms with Gasteiger partial charge in [-0.25, -0.2) is 0 Å². The summed E-state index contributed by atoms with van der Waals surface area (Å²) in [5.74, 6) is 1.53. The van der Waals surface area contributed by atoms with Gasteiger partial charge in [0.2, 0.25) is 0 Å². The first kappa shape index (κ1) is 11.5. The largest absolute Gasteiger partial charge is 0.461 e. The van der Waals surface area contributed by atoms with Gasteiger partial charge < -0.3 is 8.83 Å². The van der Waals surface area contributed by atoms with Crippen molar-refractivity contribution in [3.8, 4) is 0 Å². The second kappa shape index (κ2) is 3.72. The van der Waals surface area contributed by atoms with Crippen LogP contribution in [0.15, 0.2) is 25.4 Å². The normalized spacial score (nSPS) is 11.6. The third-order valence-electron chi connectivity index (χ3n) is 2.99. The number of carbonyl (C=O) groups excluding carboxylic acids is 1. The maximum Gasteiger partial charge on any atom is 0.164 e. The van der Waals surface area contributed by atoms with Crippen molar-refractivity contribution >= 4 is 43.7 Å². The number of Topliss-reactive ketones (excluding diaryl/α,β-unsaturated/α-hetero) is 1. The van der Waals surface area contributed by atoms with E-state index in [4.69, 9.17) is 8.83 Å². The number of hydrogen-bond acceptors (Lipinski definition) is 3. The van der Waals surface area contributed by atoms with Gasteiger partial charge in [0.25, 0.3) is 0 Å². The molecule has 0 radical (unpaired) electrons. The lowest BCUT2D eigenvalue weighted by Crippen LogP contribution is -1.94. The zero-order valence-corrected chi connectivity index (χ0v) is 11.8. The summed E-state index contributed by atoms with van der Waals surface area (Å²) in [4.78, 5) is 11.9. The van der Waals surface area contributed by atoms with Gasteiger partial charge in [-0.3, -0.25) is 4.79 Å². The second-order valence-electron chi connectivity index (χ2n) is 4.44. The Balaban J connectivity index is 2.64. The Morgan fingerprint density at radius 3 is 2.22 bits per heavy atom. The lowest BCUT2D eigenvalue weighted by atomic mass is 10.0. The van der Waals surface area contributed by atoms with E-state index in [2.05, 4.69) is 15.9 Å². The smallest absolute Gasteiger partial charge is 0.164 e. The van der Waals surface area contributed by atoms with Crippen LogP contribution in [0.5, 0.6) is 0 Å². The monoisotopic (exact) mass is 306 g/mol. The second-order valence-corrected chi connectivity index (χ2v) is 5.24. The first-order valence-electron chi connectivity index (χ1n) is 5.61. The summed E-state index contributed by atoms with van der Waals surface area (Å²) in [5.41, 5.74) is 1.92. The molecule has 3 rings (SSSR count). The summed E-state index contributed by atoms with van der Waals surface area (Å²) in [5, 5.41) is 1.67. The summed E-state index contributed by atoms with van der Waals surface area (Å²) < 4.78 is 12.2. The molecule has 0 amide bonds. The molecule has 3 aromatic rings. The SMILES string of the molecule is CC(=O)c1c2cc(C)oc2c(Br)c2cc(C)oc12. The average molecular weight is 307 g/mol. The predicted molar refractivity (Wildman–Crippen MR) is 73.2 cm³/mol. The Labute approximate surface area is 112 Å². The van der Waals surface area contributed by atoms with E-state index < -0.39 is 0 Å². The summed E-state index contributed by atoms with van der Waals surface area (Å²) in [6.45, 7) is 5.27. The van der Waals surface area contributed by atoms with E-state index in [1.165, 1.54) is 0 Å². The van der Waals surface area contributed by atoms with E-state index in [1.807, 2.05) is 26.0 Å². The van der Waals surface area contributed by atoms with Gasteiger partial charge in [0.1, 0.15) is 22.7 Å². The molecule has 0 atom stereocenters. The van der Waals surface area contributed by atoms with Gasteiger partial charge in [-0.2, -0.15) is 0 Å². The van der Waals surface area contributed by atoms with Gasteiger partial charge in [0.05, 0.1) is 10.0 Å². The number of benzene rings is 1. The quantitative estimate of drug-likeness (QED) is 0.609. The predicted octanol–water partition coefficient (Wildman–Crippen LogP) is 4.76. The van der Waals surface area contributed by atoms with Crippen molar-refractivity contribution in [3.05, 3.63) is 33.7 Å². The van der Waals surface area contributed by atoms with E-state index in [9.17, 15) is 4.79 Å². The number of fused-ring (bicyclic) bond motifs is 2. The van der Waals surface area contributed by atoms with Crippen LogP contribution in [0.1, 0.15) is 28.8 Å². The van der Waals surface area contributed by atoms with E-state index in [-0.39, 0.29) is 5.78 Å². The Morgan fingerprint density at radius 1 is 1.06 bits per heavy atom. The molecule has 2 heterocycles. The zero-order chi connectivity index (χ0) is 13.0. The van der Waals surface area contributed by atoms with Crippen molar-refractivity contribution in [1.82, 2.24) is 0 Å². The molecule has 3 nitrogen and oxygen atoms in total. The molecule has 92 valence electrons. The summed E-state index contributed by atoms with van der Waals surface area (Å²) in [6.07, 6.45) is 0. The van der Waals surface area contributed by atoms with Crippen LogP contribution in [-0.2, 0) is 0 Å². The highest BCUT2D eigenvalue weighted by Gasteiger charge is 2.21. The van der Waals surface area contributed by atoms with Crippen LogP contribution < -0.4 is 0 Å². The Bertz CT molecular complexity index is 735. The first-order valence-corrected chi connectivity index (χ1v) is 6.41. The Morgan fingerprint density at radius 2 is 1.61 bits per heavy atom. The molecular formula is C14H11BrO3. The van der Waals surface area contributed by atoms with Crippen molar-refractivity contribution in [3.63, 3.8) is 0 Å². The zero-order valence-electron chi connectivity index (χ0n) is 10.3. The molecule has 0 aliphatic rings. The van der Waals surface area contributed by atoms with E-state index in [0.29, 0.717) is 16.7 Å². The van der Waals surface area contributed by atoms with Gasteiger partial charge in [-0.05, 0) is 48.8 Å². The number of hydrogen-bond donors (Lipinski definition) is 0. The van der Waals surface area contributed by atoms with Crippen LogP contribution in [0, 0.1) is 13.8 Å². The number of aryl methyl sites for hydroxylation is 2. The Kier molecular flexibility index (Phi) is 2.38. The fraction of sp³-hybridized carbons (Fsp3) is 0.214. The lowest BCUT2D eigenvalue weighted by Gasteiger charge is -2.02. The van der Waals surface area contributed by atoms with Crippen molar-refractivity contribution in [2.24, 2.45) is 0 Å². The molecule has 0 aliphatic heterocycles. The van der Waals surface area contributed by atoms with Crippen LogP contribution in [-0.4, -0.2) is 5.78 Å². The highest BCUT2D eigenvalue weighted by Crippen LogP contribution is 2.39. The topological polar surface area (TPSA) is 43.4 Å². The fourth-order valence-corrected chi connectivity index (χ4v) is 2.91. The van der Waals surface area contributed by atoms with Crippen molar-refractivity contribution in [1.29, 1.82) is 0 Å². The minimum Gasteiger partial charge on any atom is -0.461 e. The molecule has 0 fully saturated rings.